The van der Waals surface area contributed by atoms with E-state index in [-0.39, 0.29) is 5.75 Å². The first-order valence-electron chi connectivity index (χ1n) is 4.16. The quantitative estimate of drug-likeness (QED) is 0.741. The fraction of sp³-hybridized carbons (Fsp3) is 0.400. The van der Waals surface area contributed by atoms with Gasteiger partial charge < -0.3 is 5.11 Å². The van der Waals surface area contributed by atoms with Crippen molar-refractivity contribution >= 4 is 11.6 Å². The molecule has 0 spiro atoms. The van der Waals surface area contributed by atoms with E-state index < -0.39 is 5.82 Å². The van der Waals surface area contributed by atoms with Crippen LogP contribution in [-0.2, 0) is 6.42 Å². The predicted octanol–water partition coefficient (Wildman–Crippen LogP) is 3.36. The van der Waals surface area contributed by atoms with Crippen LogP contribution in [0.4, 0.5) is 4.39 Å². The fourth-order valence-corrected chi connectivity index (χ4v) is 1.63. The summed E-state index contributed by atoms with van der Waals surface area (Å²) in [7, 11) is 0. The van der Waals surface area contributed by atoms with Gasteiger partial charge in [0.15, 0.2) is 11.6 Å². The lowest BCUT2D eigenvalue weighted by Gasteiger charge is -2.11. The molecule has 1 rings (SSSR count). The van der Waals surface area contributed by atoms with Crippen molar-refractivity contribution < 1.29 is 9.50 Å². The average Bonchev–Trinajstić information content (AvgIpc) is 2.13. The Morgan fingerprint density at radius 3 is 2.31 bits per heavy atom. The lowest BCUT2D eigenvalue weighted by Crippen LogP contribution is -1.96. The van der Waals surface area contributed by atoms with Gasteiger partial charge in [0.05, 0.1) is 0 Å². The van der Waals surface area contributed by atoms with Crippen LogP contribution in [0.3, 0.4) is 0 Å². The van der Waals surface area contributed by atoms with Gasteiger partial charge in [-0.3, -0.25) is 0 Å². The van der Waals surface area contributed by atoms with Gasteiger partial charge in [-0.1, -0.05) is 18.5 Å². The molecule has 0 aromatic heterocycles. The lowest BCUT2D eigenvalue weighted by atomic mass is 10.0. The van der Waals surface area contributed by atoms with E-state index in [2.05, 4.69) is 0 Å². The maximum absolute atomic E-state index is 13.3. The van der Waals surface area contributed by atoms with Crippen molar-refractivity contribution in [3.63, 3.8) is 0 Å². The summed E-state index contributed by atoms with van der Waals surface area (Å²) in [5, 5.41) is 9.86. The average molecular weight is 203 g/mol. The summed E-state index contributed by atoms with van der Waals surface area (Å²) >= 11 is 5.89. The highest BCUT2D eigenvalue weighted by molar-refractivity contribution is 6.32. The maximum atomic E-state index is 13.3. The van der Waals surface area contributed by atoms with Crippen LogP contribution >= 0.6 is 11.6 Å². The van der Waals surface area contributed by atoms with Crippen LogP contribution in [0.25, 0.3) is 0 Å². The second kappa shape index (κ2) is 3.54. The van der Waals surface area contributed by atoms with Crippen molar-refractivity contribution in [2.75, 3.05) is 0 Å². The van der Waals surface area contributed by atoms with Gasteiger partial charge in [-0.05, 0) is 25.8 Å². The van der Waals surface area contributed by atoms with Crippen LogP contribution in [0.2, 0.25) is 5.02 Å². The molecular formula is C10H12ClFO. The summed E-state index contributed by atoms with van der Waals surface area (Å²) in [5.74, 6) is -0.866. The Kier molecular flexibility index (Phi) is 2.81. The molecule has 3 heteroatoms. The highest BCUT2D eigenvalue weighted by Crippen LogP contribution is 2.34. The molecule has 13 heavy (non-hydrogen) atoms. The topological polar surface area (TPSA) is 20.2 Å². The third-order valence-electron chi connectivity index (χ3n) is 2.29. The summed E-state index contributed by atoms with van der Waals surface area (Å²) in [5.41, 5.74) is 1.67. The standard InChI is InChI=1S/C10H12ClFO/c1-4-7-5(2)8(11)6(3)9(12)10(7)13/h13H,4H2,1-3H3. The Balaban J connectivity index is 3.56. The Hall–Kier alpha value is -0.760. The van der Waals surface area contributed by atoms with E-state index in [0.29, 0.717) is 22.6 Å². The van der Waals surface area contributed by atoms with Crippen molar-refractivity contribution in [2.45, 2.75) is 27.2 Å². The Morgan fingerprint density at radius 1 is 1.31 bits per heavy atom. The van der Waals surface area contributed by atoms with E-state index in [1.165, 1.54) is 0 Å². The van der Waals surface area contributed by atoms with E-state index in [1.807, 2.05) is 6.92 Å². The lowest BCUT2D eigenvalue weighted by molar-refractivity contribution is 0.423. The smallest absolute Gasteiger partial charge is 0.169 e. The summed E-state index contributed by atoms with van der Waals surface area (Å²) < 4.78 is 13.3. The molecule has 0 aliphatic rings. The Labute approximate surface area is 82.2 Å². The normalized spacial score (nSPS) is 10.5. The molecule has 1 aromatic rings. The zero-order chi connectivity index (χ0) is 10.2. The number of aromatic hydroxyl groups is 1. The SMILES string of the molecule is CCc1c(C)c(Cl)c(C)c(F)c1O. The number of hydrogen-bond donors (Lipinski definition) is 1. The van der Waals surface area contributed by atoms with E-state index in [9.17, 15) is 9.50 Å². The summed E-state index contributed by atoms with van der Waals surface area (Å²) in [6.07, 6.45) is 0.578. The molecular weight excluding hydrogens is 191 g/mol. The molecule has 0 amide bonds. The highest BCUT2D eigenvalue weighted by Gasteiger charge is 2.16. The first-order chi connectivity index (χ1) is 6.00. The van der Waals surface area contributed by atoms with E-state index in [0.717, 1.165) is 5.56 Å². The molecule has 0 radical (unpaired) electrons. The number of phenolic OH excluding ortho intramolecular Hbond substituents is 1. The van der Waals surface area contributed by atoms with Crippen LogP contribution in [0.5, 0.6) is 5.75 Å². The van der Waals surface area contributed by atoms with Crippen molar-refractivity contribution in [2.24, 2.45) is 0 Å². The number of benzene rings is 1. The monoisotopic (exact) mass is 202 g/mol. The van der Waals surface area contributed by atoms with Gasteiger partial charge >= 0.3 is 0 Å². The van der Waals surface area contributed by atoms with Crippen LogP contribution in [-0.4, -0.2) is 5.11 Å². The number of hydrogen-bond acceptors (Lipinski definition) is 1. The first kappa shape index (κ1) is 10.3. The zero-order valence-electron chi connectivity index (χ0n) is 7.91. The number of halogens is 2. The van der Waals surface area contributed by atoms with Crippen LogP contribution in [0.1, 0.15) is 23.6 Å². The van der Waals surface area contributed by atoms with Crippen molar-refractivity contribution in [3.8, 4) is 5.75 Å². The van der Waals surface area contributed by atoms with Gasteiger partial charge in [0, 0.05) is 16.1 Å². The molecule has 0 unspecified atom stereocenters. The van der Waals surface area contributed by atoms with E-state index >= 15 is 0 Å². The zero-order valence-corrected chi connectivity index (χ0v) is 8.67. The molecule has 72 valence electrons. The van der Waals surface area contributed by atoms with Crippen molar-refractivity contribution in [3.05, 3.63) is 27.5 Å². The minimum absolute atomic E-state index is 0.262. The summed E-state index contributed by atoms with van der Waals surface area (Å²) in [4.78, 5) is 0. The Morgan fingerprint density at radius 2 is 1.85 bits per heavy atom. The van der Waals surface area contributed by atoms with Gasteiger partial charge in [0.1, 0.15) is 0 Å². The largest absolute Gasteiger partial charge is 0.505 e. The molecule has 0 aliphatic heterocycles. The third-order valence-corrected chi connectivity index (χ3v) is 2.85. The molecule has 1 N–H and O–H groups in total. The second-order valence-electron chi connectivity index (χ2n) is 3.06. The molecule has 0 bridgehead atoms. The van der Waals surface area contributed by atoms with Crippen molar-refractivity contribution in [1.29, 1.82) is 0 Å². The van der Waals surface area contributed by atoms with Gasteiger partial charge in [-0.2, -0.15) is 0 Å². The molecule has 0 fully saturated rings. The van der Waals surface area contributed by atoms with E-state index in [4.69, 9.17) is 11.6 Å². The predicted molar refractivity (Wildman–Crippen MR) is 51.9 cm³/mol. The fourth-order valence-electron chi connectivity index (χ4n) is 1.43. The summed E-state index contributed by atoms with van der Waals surface area (Å²) in [6, 6.07) is 0. The second-order valence-corrected chi connectivity index (χ2v) is 3.44. The van der Waals surface area contributed by atoms with Gasteiger partial charge in [0.2, 0.25) is 0 Å². The van der Waals surface area contributed by atoms with Crippen LogP contribution in [0, 0.1) is 19.7 Å². The molecule has 0 atom stereocenters. The summed E-state index contributed by atoms with van der Waals surface area (Å²) in [6.45, 7) is 5.20. The van der Waals surface area contributed by atoms with Gasteiger partial charge in [-0.15, -0.1) is 0 Å². The molecule has 0 saturated heterocycles. The van der Waals surface area contributed by atoms with E-state index in [1.54, 1.807) is 13.8 Å². The molecule has 0 aliphatic carbocycles. The highest BCUT2D eigenvalue weighted by atomic mass is 35.5. The number of phenols is 1. The number of rotatable bonds is 1. The Bertz CT molecular complexity index is 318. The van der Waals surface area contributed by atoms with Crippen molar-refractivity contribution in [1.82, 2.24) is 0 Å². The molecule has 1 nitrogen and oxygen atoms in total. The first-order valence-corrected chi connectivity index (χ1v) is 4.54. The maximum Gasteiger partial charge on any atom is 0.169 e. The van der Waals surface area contributed by atoms with Crippen LogP contribution in [0.15, 0.2) is 0 Å². The minimum atomic E-state index is -0.604. The van der Waals surface area contributed by atoms with Gasteiger partial charge in [0.25, 0.3) is 0 Å². The molecule has 0 heterocycles. The minimum Gasteiger partial charge on any atom is -0.505 e. The van der Waals surface area contributed by atoms with Crippen LogP contribution < -0.4 is 0 Å². The molecule has 0 saturated carbocycles. The third kappa shape index (κ3) is 1.51. The molecule has 1 aromatic carbocycles. The van der Waals surface area contributed by atoms with Gasteiger partial charge in [-0.25, -0.2) is 4.39 Å².